The molecule has 0 radical (unpaired) electrons. The van der Waals surface area contributed by atoms with Crippen LogP contribution in [0.15, 0.2) is 11.4 Å². The second-order valence-corrected chi connectivity index (χ2v) is 10.4. The van der Waals surface area contributed by atoms with Gasteiger partial charge in [-0.15, -0.1) is 11.3 Å². The van der Waals surface area contributed by atoms with Crippen molar-refractivity contribution in [3.05, 3.63) is 28.4 Å². The zero-order chi connectivity index (χ0) is 23.8. The van der Waals surface area contributed by atoms with Gasteiger partial charge >= 0.3 is 0 Å². The van der Waals surface area contributed by atoms with E-state index in [4.69, 9.17) is 19.8 Å². The zero-order valence-corrected chi connectivity index (χ0v) is 21.3. The minimum Gasteiger partial charge on any atom is -0.378 e. The maximum atomic E-state index is 12.4. The maximum absolute atomic E-state index is 12.4. The quantitative estimate of drug-likeness (QED) is 0.552. The largest absolute Gasteiger partial charge is 0.378 e. The van der Waals surface area contributed by atoms with Gasteiger partial charge in [0.2, 0.25) is 11.9 Å². The average molecular weight is 484 g/mol. The van der Waals surface area contributed by atoms with Gasteiger partial charge in [-0.1, -0.05) is 13.8 Å². The Kier molecular flexibility index (Phi) is 6.54. The van der Waals surface area contributed by atoms with E-state index in [9.17, 15) is 4.79 Å². The molecule has 0 unspecified atom stereocenters. The lowest BCUT2D eigenvalue weighted by molar-refractivity contribution is -0.136. The average Bonchev–Trinajstić information content (AvgIpc) is 3.40. The monoisotopic (exact) mass is 483 g/mol. The standard InChI is InChI=1S/C24H33N7O2S/c1-16(2)23(32)29-7-5-28(6-8-29)14-19-15-34-21-20(19)25-24(30-9-11-33-12-10-30)26-22(21)31-18(4)13-17(3)27-31/h13,15-16H,5-12,14H2,1-4H3. The lowest BCUT2D eigenvalue weighted by Gasteiger charge is -2.35. The normalized spacial score (nSPS) is 17.8. The lowest BCUT2D eigenvalue weighted by Crippen LogP contribution is -2.49. The zero-order valence-electron chi connectivity index (χ0n) is 20.5. The first kappa shape index (κ1) is 23.2. The number of nitrogens with zero attached hydrogens (tertiary/aromatic N) is 7. The Morgan fingerprint density at radius 2 is 1.82 bits per heavy atom. The van der Waals surface area contributed by atoms with Gasteiger partial charge in [0.1, 0.15) is 0 Å². The Balaban J connectivity index is 1.46. The van der Waals surface area contributed by atoms with Gasteiger partial charge in [0.25, 0.3) is 0 Å². The van der Waals surface area contributed by atoms with Crippen molar-refractivity contribution < 1.29 is 9.53 Å². The Morgan fingerprint density at radius 3 is 2.47 bits per heavy atom. The highest BCUT2D eigenvalue weighted by atomic mass is 32.1. The molecule has 5 rings (SSSR count). The number of hydrogen-bond acceptors (Lipinski definition) is 8. The topological polar surface area (TPSA) is 79.6 Å². The molecule has 0 aliphatic carbocycles. The van der Waals surface area contributed by atoms with Crippen LogP contribution in [0.3, 0.4) is 0 Å². The van der Waals surface area contributed by atoms with E-state index in [1.54, 1.807) is 11.3 Å². The molecular formula is C24H33N7O2S. The minimum absolute atomic E-state index is 0.0514. The maximum Gasteiger partial charge on any atom is 0.228 e. The molecule has 0 saturated carbocycles. The lowest BCUT2D eigenvalue weighted by atomic mass is 10.1. The molecule has 3 aromatic rings. The van der Waals surface area contributed by atoms with Crippen molar-refractivity contribution in [1.82, 2.24) is 29.5 Å². The molecule has 1 amide bonds. The van der Waals surface area contributed by atoms with Crippen LogP contribution in [0.1, 0.15) is 30.8 Å². The molecule has 2 fully saturated rings. The first-order chi connectivity index (χ1) is 16.4. The van der Waals surface area contributed by atoms with Crippen LogP contribution >= 0.6 is 11.3 Å². The number of amides is 1. The molecule has 10 heteroatoms. The van der Waals surface area contributed by atoms with Gasteiger partial charge < -0.3 is 14.5 Å². The summed E-state index contributed by atoms with van der Waals surface area (Å²) in [6.07, 6.45) is 0. The second-order valence-electron chi connectivity index (χ2n) is 9.48. The van der Waals surface area contributed by atoms with Crippen molar-refractivity contribution in [2.75, 3.05) is 57.4 Å². The summed E-state index contributed by atoms with van der Waals surface area (Å²) in [7, 11) is 0. The molecule has 0 bridgehead atoms. The number of ether oxygens (including phenoxy) is 1. The number of fused-ring (bicyclic) bond motifs is 1. The smallest absolute Gasteiger partial charge is 0.228 e. The fourth-order valence-corrected chi connectivity index (χ4v) is 5.65. The van der Waals surface area contributed by atoms with Gasteiger partial charge in [-0.3, -0.25) is 9.69 Å². The van der Waals surface area contributed by atoms with Crippen LogP contribution in [-0.2, 0) is 16.1 Å². The Hall–Kier alpha value is -2.56. The molecule has 2 aliphatic rings. The Labute approximate surface area is 204 Å². The van der Waals surface area contributed by atoms with Crippen LogP contribution < -0.4 is 4.90 Å². The van der Waals surface area contributed by atoms with Gasteiger partial charge in [-0.25, -0.2) is 9.67 Å². The summed E-state index contributed by atoms with van der Waals surface area (Å²) in [5.41, 5.74) is 4.25. The minimum atomic E-state index is 0.0514. The molecule has 3 aromatic heterocycles. The molecule has 2 aliphatic heterocycles. The third-order valence-corrected chi connectivity index (χ3v) is 7.55. The van der Waals surface area contributed by atoms with Gasteiger partial charge in [-0.05, 0) is 25.3 Å². The summed E-state index contributed by atoms with van der Waals surface area (Å²) in [5.74, 6) is 1.89. The fraction of sp³-hybridized carbons (Fsp3) is 0.583. The molecule has 5 heterocycles. The van der Waals surface area contributed by atoms with E-state index in [0.29, 0.717) is 13.2 Å². The molecule has 2 saturated heterocycles. The highest BCUT2D eigenvalue weighted by Gasteiger charge is 2.25. The first-order valence-corrected chi connectivity index (χ1v) is 12.9. The van der Waals surface area contributed by atoms with Crippen molar-refractivity contribution >= 4 is 33.4 Å². The summed E-state index contributed by atoms with van der Waals surface area (Å²) < 4.78 is 8.55. The molecule has 0 aromatic carbocycles. The van der Waals surface area contributed by atoms with Gasteiger partial charge in [0.05, 0.1) is 29.1 Å². The highest BCUT2D eigenvalue weighted by molar-refractivity contribution is 7.17. The molecule has 0 spiro atoms. The fourth-order valence-electron chi connectivity index (χ4n) is 4.68. The summed E-state index contributed by atoms with van der Waals surface area (Å²) in [6.45, 7) is 15.1. The molecule has 182 valence electrons. The van der Waals surface area contributed by atoms with E-state index < -0.39 is 0 Å². The number of aryl methyl sites for hydroxylation is 2. The Morgan fingerprint density at radius 1 is 1.09 bits per heavy atom. The molecule has 9 nitrogen and oxygen atoms in total. The molecule has 0 atom stereocenters. The number of morpholine rings is 1. The van der Waals surface area contributed by atoms with E-state index in [1.807, 2.05) is 30.4 Å². The number of piperazine rings is 1. The van der Waals surface area contributed by atoms with Crippen molar-refractivity contribution in [3.63, 3.8) is 0 Å². The van der Waals surface area contributed by atoms with Gasteiger partial charge in [0, 0.05) is 63.0 Å². The predicted molar refractivity (Wildman–Crippen MR) is 134 cm³/mol. The van der Waals surface area contributed by atoms with Crippen LogP contribution in [-0.4, -0.2) is 87.9 Å². The third-order valence-electron chi connectivity index (χ3n) is 6.54. The number of anilines is 1. The number of carbonyl (C=O) groups is 1. The summed E-state index contributed by atoms with van der Waals surface area (Å²) >= 11 is 1.69. The molecule has 34 heavy (non-hydrogen) atoms. The second kappa shape index (κ2) is 9.59. The van der Waals surface area contributed by atoms with Crippen molar-refractivity contribution in [2.24, 2.45) is 5.92 Å². The number of hydrogen-bond donors (Lipinski definition) is 0. The highest BCUT2D eigenvalue weighted by Crippen LogP contribution is 2.32. The van der Waals surface area contributed by atoms with E-state index in [0.717, 1.165) is 79.2 Å². The van der Waals surface area contributed by atoms with Crippen LogP contribution in [0.4, 0.5) is 5.95 Å². The SMILES string of the molecule is Cc1cc(C)n(-c2nc(N3CCOCC3)nc3c(CN4CCN(C(=O)C(C)C)CC4)csc23)n1. The van der Waals surface area contributed by atoms with Crippen molar-refractivity contribution in [2.45, 2.75) is 34.2 Å². The van der Waals surface area contributed by atoms with Crippen LogP contribution in [0.25, 0.3) is 16.0 Å². The van der Waals surface area contributed by atoms with E-state index in [1.165, 1.54) is 5.56 Å². The van der Waals surface area contributed by atoms with Gasteiger partial charge in [-0.2, -0.15) is 10.1 Å². The number of aromatic nitrogens is 4. The van der Waals surface area contributed by atoms with Crippen LogP contribution in [0.5, 0.6) is 0 Å². The van der Waals surface area contributed by atoms with E-state index >= 15 is 0 Å². The van der Waals surface area contributed by atoms with Crippen LogP contribution in [0.2, 0.25) is 0 Å². The predicted octanol–water partition coefficient (Wildman–Crippen LogP) is 2.63. The first-order valence-electron chi connectivity index (χ1n) is 12.1. The van der Waals surface area contributed by atoms with Crippen molar-refractivity contribution in [1.29, 1.82) is 0 Å². The summed E-state index contributed by atoms with van der Waals surface area (Å²) in [4.78, 5) is 29.0. The summed E-state index contributed by atoms with van der Waals surface area (Å²) in [5, 5.41) is 6.93. The van der Waals surface area contributed by atoms with Crippen molar-refractivity contribution in [3.8, 4) is 5.82 Å². The number of carbonyl (C=O) groups excluding carboxylic acids is 1. The third kappa shape index (κ3) is 4.54. The van der Waals surface area contributed by atoms with Crippen LogP contribution in [0, 0.1) is 19.8 Å². The molecular weight excluding hydrogens is 450 g/mol. The van der Waals surface area contributed by atoms with Gasteiger partial charge in [0.15, 0.2) is 5.82 Å². The number of thiophene rings is 1. The molecule has 0 N–H and O–H groups in total. The van der Waals surface area contributed by atoms with E-state index in [2.05, 4.69) is 28.2 Å². The Bertz CT molecular complexity index is 1170. The number of rotatable bonds is 5. The summed E-state index contributed by atoms with van der Waals surface area (Å²) in [6, 6.07) is 2.08. The van der Waals surface area contributed by atoms with E-state index in [-0.39, 0.29) is 11.8 Å².